The van der Waals surface area contributed by atoms with E-state index in [-0.39, 0.29) is 11.3 Å². The Balaban J connectivity index is 3.19. The van der Waals surface area contributed by atoms with E-state index >= 15 is 0 Å². The van der Waals surface area contributed by atoms with Crippen LogP contribution in [-0.4, -0.2) is 35.9 Å². The molecule has 0 saturated carbocycles. The van der Waals surface area contributed by atoms with Gasteiger partial charge in [-0.05, 0) is 18.6 Å². The Morgan fingerprint density at radius 1 is 1.38 bits per heavy atom. The van der Waals surface area contributed by atoms with E-state index in [1.54, 1.807) is 19.1 Å². The average Bonchev–Trinajstić information content (AvgIpc) is 2.15. The molecule has 0 aliphatic rings. The van der Waals surface area contributed by atoms with Crippen LogP contribution in [0.1, 0.15) is 11.1 Å². The fraction of sp³-hybridized carbons (Fsp3) is 0.400. The van der Waals surface area contributed by atoms with Crippen LogP contribution >= 0.6 is 0 Å². The fourth-order valence-electron chi connectivity index (χ4n) is 1.44. The molecule has 0 spiro atoms. The van der Waals surface area contributed by atoms with Crippen LogP contribution in [0.15, 0.2) is 23.1 Å². The van der Waals surface area contributed by atoms with Crippen molar-refractivity contribution < 1.29 is 23.2 Å². The highest BCUT2D eigenvalue weighted by molar-refractivity contribution is 7.85. The molecule has 5 nitrogen and oxygen atoms in total. The van der Waals surface area contributed by atoms with Gasteiger partial charge in [0.2, 0.25) is 0 Å². The third kappa shape index (κ3) is 3.28. The lowest BCUT2D eigenvalue weighted by Gasteiger charge is -2.11. The van der Waals surface area contributed by atoms with E-state index in [9.17, 15) is 13.5 Å². The second-order valence-corrected chi connectivity index (χ2v) is 5.02. The fourth-order valence-corrected chi connectivity index (χ4v) is 2.15. The second kappa shape index (κ2) is 4.92. The number of aliphatic hydroxyl groups excluding tert-OH is 2. The molecule has 6 heteroatoms. The molecule has 0 radical (unpaired) electrons. The van der Waals surface area contributed by atoms with Gasteiger partial charge in [0.05, 0.1) is 17.6 Å². The standard InChI is InChI=1S/C10H14O5S/c1-7-2-3-10(16(13,14)15)8(4-7)5-9(12)6-11/h2-4,9,11-12H,5-6H2,1H3,(H,13,14,15)/t9-/m0/s1. The van der Waals surface area contributed by atoms with Gasteiger partial charge in [0.1, 0.15) is 0 Å². The highest BCUT2D eigenvalue weighted by Crippen LogP contribution is 2.18. The van der Waals surface area contributed by atoms with Crippen LogP contribution in [-0.2, 0) is 16.5 Å². The molecule has 1 atom stereocenters. The Bertz CT molecular complexity index is 466. The third-order valence-electron chi connectivity index (χ3n) is 2.16. The topological polar surface area (TPSA) is 94.8 Å². The van der Waals surface area contributed by atoms with Gasteiger partial charge in [-0.25, -0.2) is 0 Å². The van der Waals surface area contributed by atoms with E-state index in [2.05, 4.69) is 0 Å². The maximum absolute atomic E-state index is 11.0. The highest BCUT2D eigenvalue weighted by Gasteiger charge is 2.17. The van der Waals surface area contributed by atoms with E-state index in [0.29, 0.717) is 5.56 Å². The van der Waals surface area contributed by atoms with Crippen LogP contribution in [0.2, 0.25) is 0 Å². The Morgan fingerprint density at radius 3 is 2.50 bits per heavy atom. The van der Waals surface area contributed by atoms with E-state index in [0.717, 1.165) is 5.56 Å². The lowest BCUT2D eigenvalue weighted by molar-refractivity contribution is 0.0950. The van der Waals surface area contributed by atoms with Crippen molar-refractivity contribution in [3.05, 3.63) is 29.3 Å². The summed E-state index contributed by atoms with van der Waals surface area (Å²) >= 11 is 0. The minimum Gasteiger partial charge on any atom is -0.394 e. The summed E-state index contributed by atoms with van der Waals surface area (Å²) in [5.74, 6) is 0. The molecule has 0 aromatic heterocycles. The van der Waals surface area contributed by atoms with Gasteiger partial charge in [0, 0.05) is 6.42 Å². The Kier molecular flexibility index (Phi) is 4.03. The van der Waals surface area contributed by atoms with Gasteiger partial charge in [-0.2, -0.15) is 8.42 Å². The van der Waals surface area contributed by atoms with Crippen LogP contribution in [0.3, 0.4) is 0 Å². The van der Waals surface area contributed by atoms with Crippen molar-refractivity contribution in [3.8, 4) is 0 Å². The molecule has 0 aliphatic carbocycles. The molecule has 0 saturated heterocycles. The Hall–Kier alpha value is -0.950. The first-order chi connectivity index (χ1) is 7.34. The molecule has 3 N–H and O–H groups in total. The third-order valence-corrected chi connectivity index (χ3v) is 3.11. The van der Waals surface area contributed by atoms with Crippen molar-refractivity contribution in [2.24, 2.45) is 0 Å². The number of rotatable bonds is 4. The van der Waals surface area contributed by atoms with E-state index in [1.165, 1.54) is 6.07 Å². The molecule has 16 heavy (non-hydrogen) atoms. The SMILES string of the molecule is Cc1ccc(S(=O)(=O)O)c(C[C@H](O)CO)c1. The van der Waals surface area contributed by atoms with Gasteiger partial charge in [0.15, 0.2) is 0 Å². The molecule has 1 aromatic carbocycles. The van der Waals surface area contributed by atoms with Crippen molar-refractivity contribution in [3.63, 3.8) is 0 Å². The molecule has 0 heterocycles. The van der Waals surface area contributed by atoms with Crippen LogP contribution < -0.4 is 0 Å². The van der Waals surface area contributed by atoms with E-state index in [1.807, 2.05) is 0 Å². The normalized spacial score (nSPS) is 13.8. The van der Waals surface area contributed by atoms with Crippen LogP contribution in [0.25, 0.3) is 0 Å². The summed E-state index contributed by atoms with van der Waals surface area (Å²) in [5, 5.41) is 18.0. The average molecular weight is 246 g/mol. The number of hydrogen-bond acceptors (Lipinski definition) is 4. The molecule has 90 valence electrons. The quantitative estimate of drug-likeness (QED) is 0.657. The molecule has 0 fully saturated rings. The minimum absolute atomic E-state index is 0.0205. The molecule has 0 aliphatic heterocycles. The zero-order valence-electron chi connectivity index (χ0n) is 8.79. The van der Waals surface area contributed by atoms with E-state index < -0.39 is 22.8 Å². The van der Waals surface area contributed by atoms with Crippen molar-refractivity contribution in [1.82, 2.24) is 0 Å². The molecule has 1 rings (SSSR count). The van der Waals surface area contributed by atoms with Crippen molar-refractivity contribution in [2.45, 2.75) is 24.3 Å². The summed E-state index contributed by atoms with van der Waals surface area (Å²) < 4.78 is 31.1. The van der Waals surface area contributed by atoms with Crippen molar-refractivity contribution in [2.75, 3.05) is 6.61 Å². The predicted octanol–water partition coefficient (Wildman–Crippen LogP) is 0.137. The molecule has 0 unspecified atom stereocenters. The lowest BCUT2D eigenvalue weighted by Crippen LogP contribution is -2.17. The summed E-state index contributed by atoms with van der Waals surface area (Å²) in [7, 11) is -4.30. The largest absolute Gasteiger partial charge is 0.394 e. The van der Waals surface area contributed by atoms with Gasteiger partial charge < -0.3 is 10.2 Å². The lowest BCUT2D eigenvalue weighted by atomic mass is 10.1. The number of aliphatic hydroxyl groups is 2. The molecule has 0 amide bonds. The van der Waals surface area contributed by atoms with E-state index in [4.69, 9.17) is 9.66 Å². The molecular formula is C10H14O5S. The maximum atomic E-state index is 11.0. The van der Waals surface area contributed by atoms with Gasteiger partial charge in [-0.15, -0.1) is 0 Å². The minimum atomic E-state index is -4.30. The second-order valence-electron chi connectivity index (χ2n) is 3.63. The van der Waals surface area contributed by atoms with Crippen molar-refractivity contribution in [1.29, 1.82) is 0 Å². The summed E-state index contributed by atoms with van der Waals surface area (Å²) in [5.41, 5.74) is 1.11. The summed E-state index contributed by atoms with van der Waals surface area (Å²) in [6.45, 7) is 1.31. The smallest absolute Gasteiger partial charge is 0.294 e. The highest BCUT2D eigenvalue weighted by atomic mass is 32.2. The first kappa shape index (κ1) is 13.1. The number of benzene rings is 1. The summed E-state index contributed by atoms with van der Waals surface area (Å²) in [4.78, 5) is -0.231. The molecular weight excluding hydrogens is 232 g/mol. The summed E-state index contributed by atoms with van der Waals surface area (Å²) in [6.07, 6.45) is -1.06. The van der Waals surface area contributed by atoms with Crippen LogP contribution in [0, 0.1) is 6.92 Å². The zero-order chi connectivity index (χ0) is 12.3. The van der Waals surface area contributed by atoms with Crippen molar-refractivity contribution >= 4 is 10.1 Å². The van der Waals surface area contributed by atoms with Crippen LogP contribution in [0.4, 0.5) is 0 Å². The number of hydrogen-bond donors (Lipinski definition) is 3. The predicted molar refractivity (Wildman–Crippen MR) is 57.8 cm³/mol. The maximum Gasteiger partial charge on any atom is 0.294 e. The Labute approximate surface area is 94.1 Å². The van der Waals surface area contributed by atoms with Gasteiger partial charge in [-0.1, -0.05) is 17.7 Å². The first-order valence-corrected chi connectivity index (χ1v) is 6.14. The van der Waals surface area contributed by atoms with Gasteiger partial charge in [-0.3, -0.25) is 4.55 Å². The zero-order valence-corrected chi connectivity index (χ0v) is 9.61. The van der Waals surface area contributed by atoms with Crippen LogP contribution in [0.5, 0.6) is 0 Å². The number of aryl methyl sites for hydroxylation is 1. The van der Waals surface area contributed by atoms with Gasteiger partial charge >= 0.3 is 0 Å². The Morgan fingerprint density at radius 2 is 2.00 bits per heavy atom. The molecule has 0 bridgehead atoms. The first-order valence-electron chi connectivity index (χ1n) is 4.70. The summed E-state index contributed by atoms with van der Waals surface area (Å²) in [6, 6.07) is 4.39. The molecule has 1 aromatic rings. The monoisotopic (exact) mass is 246 g/mol. The van der Waals surface area contributed by atoms with Gasteiger partial charge in [0.25, 0.3) is 10.1 Å².